The van der Waals surface area contributed by atoms with Gasteiger partial charge in [0.05, 0.1) is 32.4 Å². The van der Waals surface area contributed by atoms with Crippen molar-refractivity contribution in [1.82, 2.24) is 25.8 Å². The number of rotatable bonds is 13. The Labute approximate surface area is 227 Å². The molecule has 208 valence electrons. The molecule has 3 amide bonds. The molecule has 11 nitrogen and oxygen atoms in total. The largest absolute Gasteiger partial charge is 0.379 e. The molecule has 0 saturated carbocycles. The van der Waals surface area contributed by atoms with E-state index in [1.54, 1.807) is 31.5 Å². The Morgan fingerprint density at radius 1 is 0.897 bits per heavy atom. The SMILES string of the molecule is C[C@H](NC(=O)CN1CCOCC1)C(=O)N[C@@H](Cc1ccncc1)C(=O)N[C@@H](Cc1ccccc1)C(=O)[C@H]1CO1. The molecule has 4 atom stereocenters. The smallest absolute Gasteiger partial charge is 0.243 e. The van der Waals surface area contributed by atoms with Crippen LogP contribution in [-0.2, 0) is 41.5 Å². The third-order valence-electron chi connectivity index (χ3n) is 6.66. The van der Waals surface area contributed by atoms with Gasteiger partial charge in [0.1, 0.15) is 18.2 Å². The molecule has 2 aliphatic rings. The van der Waals surface area contributed by atoms with Crippen LogP contribution >= 0.6 is 0 Å². The number of pyridine rings is 1. The average molecular weight is 538 g/mol. The molecule has 0 bridgehead atoms. The highest BCUT2D eigenvalue weighted by Gasteiger charge is 2.38. The topological polar surface area (TPSA) is 142 Å². The first-order valence-corrected chi connectivity index (χ1v) is 13.2. The molecule has 1 aromatic carbocycles. The summed E-state index contributed by atoms with van der Waals surface area (Å²) in [6.45, 7) is 4.49. The Bertz CT molecular complexity index is 1120. The van der Waals surface area contributed by atoms with E-state index in [2.05, 4.69) is 20.9 Å². The van der Waals surface area contributed by atoms with Crippen LogP contribution in [0, 0.1) is 0 Å². The molecule has 0 unspecified atom stereocenters. The zero-order chi connectivity index (χ0) is 27.6. The summed E-state index contributed by atoms with van der Waals surface area (Å²) in [6, 6.07) is 10.2. The molecule has 0 aliphatic carbocycles. The standard InChI is InChI=1S/C28H35N5O6/c1-19(30-25(34)17-33-11-13-38-14-12-33)27(36)32-23(16-21-7-9-29-10-8-21)28(37)31-22(26(35)24-18-39-24)15-20-5-3-2-4-6-20/h2-10,19,22-24H,11-18H2,1H3,(H,30,34)(H,31,37)(H,32,36)/t19-,22-,23-,24+/m0/s1. The van der Waals surface area contributed by atoms with Crippen molar-refractivity contribution in [3.8, 4) is 0 Å². The number of ketones is 1. The van der Waals surface area contributed by atoms with Crippen molar-refractivity contribution >= 4 is 23.5 Å². The average Bonchev–Trinajstić information content (AvgIpc) is 3.79. The van der Waals surface area contributed by atoms with Gasteiger partial charge in [-0.3, -0.25) is 29.1 Å². The number of nitrogens with zero attached hydrogens (tertiary/aromatic N) is 2. The molecular formula is C28H35N5O6. The van der Waals surface area contributed by atoms with Gasteiger partial charge >= 0.3 is 0 Å². The minimum atomic E-state index is -0.982. The van der Waals surface area contributed by atoms with Gasteiger partial charge in [-0.05, 0) is 36.6 Å². The summed E-state index contributed by atoms with van der Waals surface area (Å²) in [4.78, 5) is 58.0. The molecule has 2 fully saturated rings. The van der Waals surface area contributed by atoms with Crippen LogP contribution in [-0.4, -0.2) is 97.1 Å². The highest BCUT2D eigenvalue weighted by molar-refractivity contribution is 5.96. The van der Waals surface area contributed by atoms with Gasteiger partial charge in [0.25, 0.3) is 0 Å². The van der Waals surface area contributed by atoms with Crippen LogP contribution in [0.2, 0.25) is 0 Å². The summed E-state index contributed by atoms with van der Waals surface area (Å²) in [5.41, 5.74) is 1.68. The van der Waals surface area contributed by atoms with Crippen LogP contribution in [0.3, 0.4) is 0 Å². The monoisotopic (exact) mass is 537 g/mol. The summed E-state index contributed by atoms with van der Waals surface area (Å²) in [6.07, 6.45) is 3.16. The molecule has 0 spiro atoms. The fraction of sp³-hybridized carbons (Fsp3) is 0.464. The van der Waals surface area contributed by atoms with E-state index in [9.17, 15) is 19.2 Å². The lowest BCUT2D eigenvalue weighted by molar-refractivity contribution is -0.133. The lowest BCUT2D eigenvalue weighted by Gasteiger charge is -2.27. The van der Waals surface area contributed by atoms with E-state index in [1.165, 1.54) is 0 Å². The highest BCUT2D eigenvalue weighted by atomic mass is 16.6. The quantitative estimate of drug-likeness (QED) is 0.294. The summed E-state index contributed by atoms with van der Waals surface area (Å²) in [7, 11) is 0. The number of morpholine rings is 1. The molecule has 11 heteroatoms. The van der Waals surface area contributed by atoms with Crippen molar-refractivity contribution in [2.75, 3.05) is 39.5 Å². The second-order valence-corrected chi connectivity index (χ2v) is 9.77. The Morgan fingerprint density at radius 2 is 1.51 bits per heavy atom. The van der Waals surface area contributed by atoms with Crippen LogP contribution in [0.1, 0.15) is 18.1 Å². The Balaban J connectivity index is 1.41. The molecular weight excluding hydrogens is 502 g/mol. The van der Waals surface area contributed by atoms with Crippen LogP contribution < -0.4 is 16.0 Å². The molecule has 2 aromatic rings. The number of amides is 3. The van der Waals surface area contributed by atoms with Crippen molar-refractivity contribution in [1.29, 1.82) is 0 Å². The van der Waals surface area contributed by atoms with E-state index in [0.29, 0.717) is 39.3 Å². The van der Waals surface area contributed by atoms with Crippen LogP contribution in [0.5, 0.6) is 0 Å². The van der Waals surface area contributed by atoms with Crippen molar-refractivity contribution in [2.45, 2.75) is 44.0 Å². The number of hydrogen-bond donors (Lipinski definition) is 3. The first-order valence-electron chi connectivity index (χ1n) is 13.2. The maximum Gasteiger partial charge on any atom is 0.243 e. The van der Waals surface area contributed by atoms with E-state index in [-0.39, 0.29) is 24.7 Å². The second kappa shape index (κ2) is 13.9. The van der Waals surface area contributed by atoms with Gasteiger partial charge in [-0.1, -0.05) is 30.3 Å². The van der Waals surface area contributed by atoms with Crippen molar-refractivity contribution in [2.24, 2.45) is 0 Å². The van der Waals surface area contributed by atoms with Gasteiger partial charge in [-0.15, -0.1) is 0 Å². The number of carbonyl (C=O) groups excluding carboxylic acids is 4. The van der Waals surface area contributed by atoms with E-state index in [4.69, 9.17) is 9.47 Å². The zero-order valence-corrected chi connectivity index (χ0v) is 22.0. The maximum atomic E-state index is 13.5. The van der Waals surface area contributed by atoms with Gasteiger partial charge < -0.3 is 25.4 Å². The van der Waals surface area contributed by atoms with Crippen molar-refractivity contribution in [3.05, 3.63) is 66.0 Å². The number of ether oxygens (including phenoxy) is 2. The molecule has 3 N–H and O–H groups in total. The normalized spacial score (nSPS) is 19.3. The van der Waals surface area contributed by atoms with Crippen LogP contribution in [0.15, 0.2) is 54.9 Å². The van der Waals surface area contributed by atoms with E-state index in [1.807, 2.05) is 35.2 Å². The van der Waals surface area contributed by atoms with E-state index >= 15 is 0 Å². The Kier molecular flexibility index (Phi) is 10.1. The predicted octanol–water partition coefficient (Wildman–Crippen LogP) is -0.359. The van der Waals surface area contributed by atoms with Crippen LogP contribution in [0.25, 0.3) is 0 Å². The minimum absolute atomic E-state index is 0.161. The van der Waals surface area contributed by atoms with Gasteiger partial charge in [0.15, 0.2) is 5.78 Å². The van der Waals surface area contributed by atoms with Crippen LogP contribution in [0.4, 0.5) is 0 Å². The fourth-order valence-corrected chi connectivity index (χ4v) is 4.36. The second-order valence-electron chi connectivity index (χ2n) is 9.77. The summed E-state index contributed by atoms with van der Waals surface area (Å²) >= 11 is 0. The molecule has 2 saturated heterocycles. The molecule has 3 heterocycles. The van der Waals surface area contributed by atoms with Gasteiger partial charge in [-0.25, -0.2) is 0 Å². The summed E-state index contributed by atoms with van der Waals surface area (Å²) in [5, 5.41) is 8.31. The van der Waals surface area contributed by atoms with Crippen molar-refractivity contribution < 1.29 is 28.7 Å². The first kappa shape index (κ1) is 28.3. The third kappa shape index (κ3) is 8.95. The molecule has 2 aliphatic heterocycles. The minimum Gasteiger partial charge on any atom is -0.379 e. The third-order valence-corrected chi connectivity index (χ3v) is 6.66. The van der Waals surface area contributed by atoms with Gasteiger partial charge in [0, 0.05) is 31.9 Å². The predicted molar refractivity (Wildman–Crippen MR) is 142 cm³/mol. The highest BCUT2D eigenvalue weighted by Crippen LogP contribution is 2.16. The van der Waals surface area contributed by atoms with Gasteiger partial charge in [-0.2, -0.15) is 0 Å². The van der Waals surface area contributed by atoms with Crippen molar-refractivity contribution in [3.63, 3.8) is 0 Å². The molecule has 4 rings (SSSR count). The Morgan fingerprint density at radius 3 is 2.18 bits per heavy atom. The number of epoxide rings is 1. The number of benzene rings is 1. The number of carbonyl (C=O) groups is 4. The van der Waals surface area contributed by atoms with E-state index in [0.717, 1.165) is 11.1 Å². The Hall–Kier alpha value is -3.67. The summed E-state index contributed by atoms with van der Waals surface area (Å²) in [5.74, 6) is -1.49. The van der Waals surface area contributed by atoms with Gasteiger partial charge in [0.2, 0.25) is 17.7 Å². The number of nitrogens with one attached hydrogen (secondary N) is 3. The molecule has 1 aromatic heterocycles. The summed E-state index contributed by atoms with van der Waals surface area (Å²) < 4.78 is 10.5. The lowest BCUT2D eigenvalue weighted by atomic mass is 9.99. The fourth-order valence-electron chi connectivity index (χ4n) is 4.36. The first-order chi connectivity index (χ1) is 18.9. The number of aromatic nitrogens is 1. The van der Waals surface area contributed by atoms with E-state index < -0.39 is 36.0 Å². The number of hydrogen-bond acceptors (Lipinski definition) is 8. The zero-order valence-electron chi connectivity index (χ0n) is 22.0. The lowest BCUT2D eigenvalue weighted by Crippen LogP contribution is -2.57. The maximum absolute atomic E-state index is 13.5. The molecule has 39 heavy (non-hydrogen) atoms. The number of Topliss-reactive ketones (excluding diaryl/α,β-unsaturated/α-hetero) is 1. The molecule has 0 radical (unpaired) electrons.